The Hall–Kier alpha value is -2.71. The molecule has 4 aromatic rings. The van der Waals surface area contributed by atoms with E-state index in [0.29, 0.717) is 26.6 Å². The van der Waals surface area contributed by atoms with Crippen molar-refractivity contribution >= 4 is 58.0 Å². The molecular formula is C24H17Cl2N3O2S2. The number of nitrogens with zero attached hydrogens (tertiary/aromatic N) is 2. The molecule has 0 spiro atoms. The number of thiocarbonyl (C=S) groups is 1. The lowest BCUT2D eigenvalue weighted by Crippen LogP contribution is -2.29. The maximum atomic E-state index is 10.6. The number of aromatic hydroxyl groups is 1. The van der Waals surface area contributed by atoms with E-state index in [1.54, 1.807) is 24.4 Å². The smallest absolute Gasteiger partial charge is 0.174 e. The minimum atomic E-state index is -0.392. The Labute approximate surface area is 210 Å². The van der Waals surface area contributed by atoms with E-state index in [1.165, 1.54) is 11.8 Å². The van der Waals surface area contributed by atoms with Crippen LogP contribution in [-0.2, 0) is 0 Å². The molecule has 0 radical (unpaired) electrons. The van der Waals surface area contributed by atoms with Gasteiger partial charge in [-0.25, -0.2) is 0 Å². The Bertz CT molecular complexity index is 1300. The van der Waals surface area contributed by atoms with Crippen molar-refractivity contribution in [2.75, 3.05) is 4.90 Å². The van der Waals surface area contributed by atoms with E-state index in [4.69, 9.17) is 39.8 Å². The van der Waals surface area contributed by atoms with E-state index in [0.717, 1.165) is 15.7 Å². The van der Waals surface area contributed by atoms with E-state index in [1.807, 2.05) is 59.5 Å². The lowest BCUT2D eigenvalue weighted by atomic mass is 10.0. The SMILES string of the molecule is Oc1ccc(Cl)cc1N1C(=S)NC(c2ccccn2)C1c1ccc(Sc2ccc(Cl)cc2)o1. The number of rotatable bonds is 5. The monoisotopic (exact) mass is 513 g/mol. The van der Waals surface area contributed by atoms with Crippen molar-refractivity contribution in [2.45, 2.75) is 22.1 Å². The number of furan rings is 1. The first kappa shape index (κ1) is 22.1. The van der Waals surface area contributed by atoms with E-state index in [9.17, 15) is 5.11 Å². The molecule has 33 heavy (non-hydrogen) atoms. The second-order valence-electron chi connectivity index (χ2n) is 7.34. The molecule has 0 aliphatic carbocycles. The molecule has 1 fully saturated rings. The molecule has 5 rings (SSSR count). The van der Waals surface area contributed by atoms with Crippen molar-refractivity contribution < 1.29 is 9.52 Å². The molecule has 2 N–H and O–H groups in total. The van der Waals surface area contributed by atoms with Crippen LogP contribution in [0.15, 0.2) is 93.4 Å². The van der Waals surface area contributed by atoms with Crippen molar-refractivity contribution in [1.29, 1.82) is 0 Å². The third-order valence-corrected chi connectivity index (χ3v) is 6.95. The van der Waals surface area contributed by atoms with Gasteiger partial charge in [0.15, 0.2) is 10.2 Å². The molecule has 0 saturated carbocycles. The van der Waals surface area contributed by atoms with Gasteiger partial charge in [-0.1, -0.05) is 41.0 Å². The summed E-state index contributed by atoms with van der Waals surface area (Å²) < 4.78 is 6.27. The summed E-state index contributed by atoms with van der Waals surface area (Å²) in [5, 5.41) is 16.3. The fourth-order valence-electron chi connectivity index (χ4n) is 3.76. The number of hydrogen-bond acceptors (Lipinski definition) is 5. The van der Waals surface area contributed by atoms with Crippen LogP contribution in [0.3, 0.4) is 0 Å². The Morgan fingerprint density at radius 1 is 1.00 bits per heavy atom. The van der Waals surface area contributed by atoms with Crippen LogP contribution < -0.4 is 10.2 Å². The maximum absolute atomic E-state index is 10.6. The summed E-state index contributed by atoms with van der Waals surface area (Å²) in [4.78, 5) is 7.36. The lowest BCUT2D eigenvalue weighted by molar-refractivity contribution is 0.382. The molecule has 1 aliphatic rings. The predicted molar refractivity (Wildman–Crippen MR) is 135 cm³/mol. The molecule has 3 heterocycles. The summed E-state index contributed by atoms with van der Waals surface area (Å²) in [5.74, 6) is 0.742. The Morgan fingerprint density at radius 2 is 1.79 bits per heavy atom. The van der Waals surface area contributed by atoms with Crippen LogP contribution in [0.25, 0.3) is 0 Å². The molecular weight excluding hydrogens is 497 g/mol. The molecule has 5 nitrogen and oxygen atoms in total. The van der Waals surface area contributed by atoms with Crippen LogP contribution >= 0.6 is 47.2 Å². The van der Waals surface area contributed by atoms with Crippen molar-refractivity contribution in [3.8, 4) is 5.75 Å². The standard InChI is InChI=1S/C24H17Cl2N3O2S2/c25-14-4-7-16(8-5-14)33-21-11-10-20(31-21)23-22(17-3-1-2-12-27-17)28-24(32)29(23)18-13-15(26)6-9-19(18)30/h1-13,22-23,30H,(H,28,32). The summed E-state index contributed by atoms with van der Waals surface area (Å²) in [7, 11) is 0. The van der Waals surface area contributed by atoms with Gasteiger partial charge in [-0.05, 0) is 78.9 Å². The first-order valence-corrected chi connectivity index (χ1v) is 12.0. The van der Waals surface area contributed by atoms with Gasteiger partial charge in [0.25, 0.3) is 0 Å². The number of aromatic nitrogens is 1. The zero-order valence-corrected chi connectivity index (χ0v) is 20.1. The molecule has 0 bridgehead atoms. The van der Waals surface area contributed by atoms with Crippen molar-refractivity contribution in [3.05, 3.63) is 100 Å². The average molecular weight is 514 g/mol. The van der Waals surface area contributed by atoms with Crippen molar-refractivity contribution in [2.24, 2.45) is 0 Å². The number of halogens is 2. The Balaban J connectivity index is 1.55. The number of benzene rings is 2. The van der Waals surface area contributed by atoms with E-state index < -0.39 is 6.04 Å². The van der Waals surface area contributed by atoms with Crippen LogP contribution in [-0.4, -0.2) is 15.2 Å². The summed E-state index contributed by atoms with van der Waals surface area (Å²) in [6, 6.07) is 21.3. The second kappa shape index (κ2) is 9.27. The maximum Gasteiger partial charge on any atom is 0.174 e. The average Bonchev–Trinajstić information content (AvgIpc) is 3.41. The highest BCUT2D eigenvalue weighted by atomic mass is 35.5. The van der Waals surface area contributed by atoms with Crippen LogP contribution in [0.5, 0.6) is 5.75 Å². The Morgan fingerprint density at radius 3 is 2.55 bits per heavy atom. The van der Waals surface area contributed by atoms with E-state index >= 15 is 0 Å². The second-order valence-corrected chi connectivity index (χ2v) is 9.68. The number of phenols is 1. The normalized spacial score (nSPS) is 17.9. The summed E-state index contributed by atoms with van der Waals surface area (Å²) in [6.07, 6.45) is 1.74. The van der Waals surface area contributed by atoms with Gasteiger partial charge >= 0.3 is 0 Å². The summed E-state index contributed by atoms with van der Waals surface area (Å²) in [5.41, 5.74) is 1.30. The van der Waals surface area contributed by atoms with Gasteiger partial charge in [0.1, 0.15) is 17.6 Å². The lowest BCUT2D eigenvalue weighted by Gasteiger charge is -2.26. The van der Waals surface area contributed by atoms with Gasteiger partial charge in [-0.3, -0.25) is 4.98 Å². The highest BCUT2D eigenvalue weighted by molar-refractivity contribution is 7.99. The minimum Gasteiger partial charge on any atom is -0.506 e. The van der Waals surface area contributed by atoms with Crippen molar-refractivity contribution in [3.63, 3.8) is 0 Å². The summed E-state index contributed by atoms with van der Waals surface area (Å²) >= 11 is 19.4. The van der Waals surface area contributed by atoms with Gasteiger partial charge in [0.2, 0.25) is 0 Å². The number of phenolic OH excluding ortho intramolecular Hbond substituents is 1. The fraction of sp³-hybridized carbons (Fsp3) is 0.0833. The molecule has 1 saturated heterocycles. The highest BCUT2D eigenvalue weighted by Gasteiger charge is 2.43. The quantitative estimate of drug-likeness (QED) is 0.278. The van der Waals surface area contributed by atoms with Crippen LogP contribution in [0.2, 0.25) is 10.0 Å². The molecule has 0 amide bonds. The summed E-state index contributed by atoms with van der Waals surface area (Å²) in [6.45, 7) is 0. The topological polar surface area (TPSA) is 61.5 Å². The molecule has 2 aromatic heterocycles. The molecule has 166 valence electrons. The number of pyridine rings is 1. The molecule has 1 aliphatic heterocycles. The zero-order valence-electron chi connectivity index (χ0n) is 17.0. The molecule has 2 aromatic carbocycles. The first-order valence-electron chi connectivity index (χ1n) is 10.0. The largest absolute Gasteiger partial charge is 0.506 e. The number of nitrogens with one attached hydrogen (secondary N) is 1. The van der Waals surface area contributed by atoms with Gasteiger partial charge in [0, 0.05) is 21.1 Å². The molecule has 2 atom stereocenters. The Kier molecular flexibility index (Phi) is 6.21. The van der Waals surface area contributed by atoms with E-state index in [2.05, 4.69) is 10.3 Å². The predicted octanol–water partition coefficient (Wildman–Crippen LogP) is 7.02. The highest BCUT2D eigenvalue weighted by Crippen LogP contribution is 2.46. The fourth-order valence-corrected chi connectivity index (χ4v) is 5.17. The molecule has 9 heteroatoms. The number of hydrogen-bond donors (Lipinski definition) is 2. The first-order chi connectivity index (χ1) is 16.0. The van der Waals surface area contributed by atoms with Gasteiger partial charge in [-0.2, -0.15) is 0 Å². The van der Waals surface area contributed by atoms with E-state index in [-0.39, 0.29) is 11.8 Å². The van der Waals surface area contributed by atoms with Crippen molar-refractivity contribution in [1.82, 2.24) is 10.3 Å². The zero-order chi connectivity index (χ0) is 22.9. The van der Waals surface area contributed by atoms with Gasteiger partial charge in [-0.15, -0.1) is 0 Å². The van der Waals surface area contributed by atoms with Gasteiger partial charge < -0.3 is 19.7 Å². The van der Waals surface area contributed by atoms with Crippen LogP contribution in [0.4, 0.5) is 5.69 Å². The minimum absolute atomic E-state index is 0.0672. The molecule has 2 unspecified atom stereocenters. The van der Waals surface area contributed by atoms with Gasteiger partial charge in [0.05, 0.1) is 17.4 Å². The number of anilines is 1. The van der Waals surface area contributed by atoms with Crippen LogP contribution in [0, 0.1) is 0 Å². The van der Waals surface area contributed by atoms with Crippen LogP contribution in [0.1, 0.15) is 23.5 Å². The third-order valence-electron chi connectivity index (χ3n) is 5.22. The third kappa shape index (κ3) is 4.54.